The number of nitrogen functional groups attached to an aromatic ring is 1. The number of nitrogens with one attached hydrogen (secondary N) is 1. The van der Waals surface area contributed by atoms with Gasteiger partial charge in [0.15, 0.2) is 5.82 Å². The van der Waals surface area contributed by atoms with Gasteiger partial charge in [-0.25, -0.2) is 10.8 Å². The van der Waals surface area contributed by atoms with Gasteiger partial charge in [0.2, 0.25) is 0 Å². The number of hydrogen-bond acceptors (Lipinski definition) is 6. The first-order valence-corrected chi connectivity index (χ1v) is 6.76. The number of nitrogens with zero attached hydrogens (tertiary/aromatic N) is 3. The highest BCUT2D eigenvalue weighted by Gasteiger charge is 2.23. The Morgan fingerprint density at radius 3 is 2.70 bits per heavy atom. The van der Waals surface area contributed by atoms with Crippen molar-refractivity contribution in [2.75, 3.05) is 25.7 Å². The molecule has 1 heterocycles. The third-order valence-corrected chi connectivity index (χ3v) is 3.18. The summed E-state index contributed by atoms with van der Waals surface area (Å²) in [5, 5.41) is 0. The summed E-state index contributed by atoms with van der Waals surface area (Å²) in [5.41, 5.74) is 2.67. The Balaban J connectivity index is 2.95. The molecule has 7 nitrogen and oxygen atoms in total. The average Bonchev–Trinajstić information content (AvgIpc) is 2.50. The highest BCUT2D eigenvalue weighted by atomic mass is 16.5. The molecule has 112 valence electrons. The first-order valence-electron chi connectivity index (χ1n) is 6.76. The van der Waals surface area contributed by atoms with Crippen LogP contribution in [0.5, 0.6) is 0 Å². The van der Waals surface area contributed by atoms with Crippen LogP contribution in [0, 0.1) is 0 Å². The van der Waals surface area contributed by atoms with Crippen molar-refractivity contribution in [3.8, 4) is 0 Å². The minimum absolute atomic E-state index is 0.152. The highest BCUT2D eigenvalue weighted by Crippen LogP contribution is 2.13. The smallest absolute Gasteiger partial charge is 0.274 e. The van der Waals surface area contributed by atoms with E-state index in [2.05, 4.69) is 29.2 Å². The number of nitrogens with two attached hydrogens (primary N) is 1. The van der Waals surface area contributed by atoms with E-state index in [0.717, 1.165) is 12.8 Å². The lowest BCUT2D eigenvalue weighted by Gasteiger charge is -2.30. The van der Waals surface area contributed by atoms with E-state index in [9.17, 15) is 4.79 Å². The van der Waals surface area contributed by atoms with Gasteiger partial charge in [-0.05, 0) is 12.8 Å². The molecule has 0 aromatic carbocycles. The van der Waals surface area contributed by atoms with E-state index < -0.39 is 0 Å². The minimum Gasteiger partial charge on any atom is -0.383 e. The van der Waals surface area contributed by atoms with Crippen molar-refractivity contribution in [2.24, 2.45) is 5.84 Å². The molecule has 1 aromatic rings. The summed E-state index contributed by atoms with van der Waals surface area (Å²) in [6.07, 6.45) is 4.68. The molecule has 1 rings (SSSR count). The number of carbonyl (C=O) groups excluding carboxylic acids is 1. The predicted molar refractivity (Wildman–Crippen MR) is 77.1 cm³/mol. The average molecular weight is 281 g/mol. The van der Waals surface area contributed by atoms with E-state index in [4.69, 9.17) is 10.6 Å². The van der Waals surface area contributed by atoms with E-state index in [1.807, 2.05) is 0 Å². The fraction of sp³-hybridized carbons (Fsp3) is 0.615. The number of rotatable bonds is 8. The summed E-state index contributed by atoms with van der Waals surface area (Å²) < 4.78 is 5.08. The van der Waals surface area contributed by atoms with Crippen LogP contribution in [0.2, 0.25) is 0 Å². The maximum atomic E-state index is 12.6. The zero-order chi connectivity index (χ0) is 15.0. The quantitative estimate of drug-likeness (QED) is 0.546. The van der Waals surface area contributed by atoms with Gasteiger partial charge in [-0.15, -0.1) is 0 Å². The SMILES string of the molecule is CCC(CC)N(CCOC)C(=O)c1cncc(NN)n1. The second-order valence-electron chi connectivity index (χ2n) is 4.40. The fourth-order valence-corrected chi connectivity index (χ4v) is 2.05. The Hall–Kier alpha value is -1.73. The molecule has 1 aromatic heterocycles. The summed E-state index contributed by atoms with van der Waals surface area (Å²) in [6, 6.07) is 0.161. The molecule has 0 atom stereocenters. The van der Waals surface area contributed by atoms with E-state index in [1.54, 1.807) is 12.0 Å². The largest absolute Gasteiger partial charge is 0.383 e. The number of anilines is 1. The summed E-state index contributed by atoms with van der Waals surface area (Å²) in [6.45, 7) is 5.14. The topological polar surface area (TPSA) is 93.4 Å². The third-order valence-electron chi connectivity index (χ3n) is 3.18. The molecule has 0 unspecified atom stereocenters. The van der Waals surface area contributed by atoms with Crippen LogP contribution >= 0.6 is 0 Å². The number of aromatic nitrogens is 2. The van der Waals surface area contributed by atoms with Gasteiger partial charge >= 0.3 is 0 Å². The number of methoxy groups -OCH3 is 1. The number of hydrogen-bond donors (Lipinski definition) is 2. The second kappa shape index (κ2) is 8.44. The van der Waals surface area contributed by atoms with E-state index >= 15 is 0 Å². The van der Waals surface area contributed by atoms with Gasteiger partial charge in [-0.1, -0.05) is 13.8 Å². The molecule has 0 aliphatic heterocycles. The highest BCUT2D eigenvalue weighted by molar-refractivity contribution is 5.92. The van der Waals surface area contributed by atoms with Gasteiger partial charge in [0.05, 0.1) is 19.0 Å². The van der Waals surface area contributed by atoms with Gasteiger partial charge in [-0.2, -0.15) is 0 Å². The first-order chi connectivity index (χ1) is 9.67. The number of carbonyl (C=O) groups is 1. The van der Waals surface area contributed by atoms with Crippen molar-refractivity contribution in [3.63, 3.8) is 0 Å². The van der Waals surface area contributed by atoms with Crippen molar-refractivity contribution in [1.82, 2.24) is 14.9 Å². The lowest BCUT2D eigenvalue weighted by Crippen LogP contribution is -2.42. The van der Waals surface area contributed by atoms with Crippen LogP contribution in [0.1, 0.15) is 37.2 Å². The van der Waals surface area contributed by atoms with Crippen molar-refractivity contribution >= 4 is 11.7 Å². The monoisotopic (exact) mass is 281 g/mol. The fourth-order valence-electron chi connectivity index (χ4n) is 2.05. The molecule has 0 fully saturated rings. The van der Waals surface area contributed by atoms with Crippen LogP contribution in [-0.2, 0) is 4.74 Å². The Morgan fingerprint density at radius 1 is 1.45 bits per heavy atom. The van der Waals surface area contributed by atoms with Crippen molar-refractivity contribution in [2.45, 2.75) is 32.7 Å². The Kier molecular flexibility index (Phi) is 6.89. The maximum Gasteiger partial charge on any atom is 0.274 e. The molecule has 1 amide bonds. The zero-order valence-electron chi connectivity index (χ0n) is 12.3. The molecule has 0 spiro atoms. The molecule has 0 aliphatic carbocycles. The van der Waals surface area contributed by atoms with Crippen LogP contribution in [0.25, 0.3) is 0 Å². The van der Waals surface area contributed by atoms with Gasteiger partial charge in [0.25, 0.3) is 5.91 Å². The first kappa shape index (κ1) is 16.3. The van der Waals surface area contributed by atoms with Crippen LogP contribution in [0.4, 0.5) is 5.82 Å². The van der Waals surface area contributed by atoms with Crippen molar-refractivity contribution in [3.05, 3.63) is 18.1 Å². The molecule has 7 heteroatoms. The second-order valence-corrected chi connectivity index (χ2v) is 4.40. The Morgan fingerprint density at radius 2 is 2.15 bits per heavy atom. The van der Waals surface area contributed by atoms with Gasteiger partial charge in [0, 0.05) is 19.7 Å². The van der Waals surface area contributed by atoms with Crippen LogP contribution in [0.3, 0.4) is 0 Å². The normalized spacial score (nSPS) is 10.7. The molecule has 3 N–H and O–H groups in total. The van der Waals surface area contributed by atoms with E-state index in [-0.39, 0.29) is 17.6 Å². The van der Waals surface area contributed by atoms with Crippen molar-refractivity contribution < 1.29 is 9.53 Å². The summed E-state index contributed by atoms with van der Waals surface area (Å²) in [7, 11) is 1.62. The van der Waals surface area contributed by atoms with Crippen LogP contribution in [0.15, 0.2) is 12.4 Å². The molecule has 0 aliphatic rings. The molecular formula is C13H23N5O2. The molecule has 20 heavy (non-hydrogen) atoms. The van der Waals surface area contributed by atoms with E-state index in [0.29, 0.717) is 19.0 Å². The summed E-state index contributed by atoms with van der Waals surface area (Å²) in [5.74, 6) is 5.51. The molecule has 0 saturated carbocycles. The maximum absolute atomic E-state index is 12.6. The zero-order valence-corrected chi connectivity index (χ0v) is 12.3. The Labute approximate surface area is 119 Å². The number of ether oxygens (including phenoxy) is 1. The van der Waals surface area contributed by atoms with Gasteiger partial charge in [0.1, 0.15) is 5.69 Å². The van der Waals surface area contributed by atoms with Crippen LogP contribution in [-0.4, -0.2) is 47.1 Å². The summed E-state index contributed by atoms with van der Waals surface area (Å²) >= 11 is 0. The number of amides is 1. The standard InChI is InChI=1S/C13H23N5O2/c1-4-10(5-2)18(6-7-20-3)13(19)11-8-15-9-12(16-11)17-14/h8-10H,4-7,14H2,1-3H3,(H,16,17). The van der Waals surface area contributed by atoms with Crippen molar-refractivity contribution in [1.29, 1.82) is 0 Å². The van der Waals surface area contributed by atoms with E-state index in [1.165, 1.54) is 12.4 Å². The Bertz CT molecular complexity index is 423. The molecule has 0 bridgehead atoms. The van der Waals surface area contributed by atoms with Gasteiger partial charge in [-0.3, -0.25) is 9.78 Å². The lowest BCUT2D eigenvalue weighted by molar-refractivity contribution is 0.0583. The molecule has 0 radical (unpaired) electrons. The summed E-state index contributed by atoms with van der Waals surface area (Å²) in [4.78, 5) is 22.5. The minimum atomic E-state index is -0.152. The molecular weight excluding hydrogens is 258 g/mol. The molecule has 0 saturated heterocycles. The number of hydrazine groups is 1. The van der Waals surface area contributed by atoms with Gasteiger partial charge < -0.3 is 15.1 Å². The third kappa shape index (κ3) is 4.14. The van der Waals surface area contributed by atoms with Crippen LogP contribution < -0.4 is 11.3 Å². The lowest BCUT2D eigenvalue weighted by atomic mass is 10.1. The predicted octanol–water partition coefficient (Wildman–Crippen LogP) is 1.04.